The fraction of sp³-hybridized carbons (Fsp3) is 0.514. The zero-order chi connectivity index (χ0) is 34.1. The lowest BCUT2D eigenvalue weighted by Gasteiger charge is -2.27. The quantitative estimate of drug-likeness (QED) is 0.130. The number of nitrogens with two attached hydrogens (primary N) is 1. The number of likely N-dealkylation sites (N-methyl/N-ethyl adjacent to an activating group) is 1. The minimum atomic E-state index is -1.06. The van der Waals surface area contributed by atoms with Gasteiger partial charge in [0.2, 0.25) is 29.5 Å². The zero-order valence-electron chi connectivity index (χ0n) is 27.8. The van der Waals surface area contributed by atoms with E-state index in [2.05, 4.69) is 26.6 Å². The van der Waals surface area contributed by atoms with E-state index in [0.717, 1.165) is 11.1 Å². The third-order valence-electron chi connectivity index (χ3n) is 7.65. The van der Waals surface area contributed by atoms with Gasteiger partial charge >= 0.3 is 0 Å². The monoisotopic (exact) mass is 636 g/mol. The first-order valence-electron chi connectivity index (χ1n) is 16.2. The van der Waals surface area contributed by atoms with Crippen molar-refractivity contribution < 1.29 is 24.0 Å². The van der Waals surface area contributed by atoms with Crippen molar-refractivity contribution in [3.63, 3.8) is 0 Å². The van der Waals surface area contributed by atoms with E-state index in [9.17, 15) is 24.0 Å². The summed E-state index contributed by atoms with van der Waals surface area (Å²) in [7, 11) is 1.71. The van der Waals surface area contributed by atoms with Crippen LogP contribution in [0, 0.1) is 5.92 Å². The predicted octanol–water partition coefficient (Wildman–Crippen LogP) is 2.13. The van der Waals surface area contributed by atoms with Crippen LogP contribution in [0.1, 0.15) is 70.9 Å². The lowest BCUT2D eigenvalue weighted by molar-refractivity contribution is -0.134. The molecular weight excluding hydrogens is 584 g/mol. The van der Waals surface area contributed by atoms with Crippen molar-refractivity contribution in [1.29, 1.82) is 0 Å². The summed E-state index contributed by atoms with van der Waals surface area (Å²) in [5, 5.41) is 14.2. The molecule has 0 aliphatic heterocycles. The Balaban J connectivity index is 2.35. The summed E-state index contributed by atoms with van der Waals surface area (Å²) in [6, 6.07) is 14.1. The first kappa shape index (κ1) is 37.9. The molecule has 0 radical (unpaired) electrons. The second-order valence-electron chi connectivity index (χ2n) is 12.1. The molecule has 2 aromatic carbocycles. The van der Waals surface area contributed by atoms with Gasteiger partial charge in [-0.3, -0.25) is 24.0 Å². The highest BCUT2D eigenvalue weighted by molar-refractivity contribution is 5.96. The van der Waals surface area contributed by atoms with Gasteiger partial charge in [0.1, 0.15) is 24.2 Å². The number of benzene rings is 2. The molecule has 0 heterocycles. The molecule has 46 heavy (non-hydrogen) atoms. The summed E-state index contributed by atoms with van der Waals surface area (Å²) in [6.45, 7) is 7.82. The van der Waals surface area contributed by atoms with Crippen LogP contribution in [0.15, 0.2) is 60.7 Å². The van der Waals surface area contributed by atoms with E-state index in [1.54, 1.807) is 7.05 Å². The number of nitrogens with one attached hydrogen (secondary N) is 5. The largest absolute Gasteiger partial charge is 0.368 e. The Kier molecular flexibility index (Phi) is 16.5. The number of primary amides is 1. The molecule has 11 heteroatoms. The summed E-state index contributed by atoms with van der Waals surface area (Å²) < 4.78 is 0. The topological polar surface area (TPSA) is 172 Å². The normalized spacial score (nSPS) is 14.3. The van der Waals surface area contributed by atoms with Crippen molar-refractivity contribution in [2.45, 2.75) is 103 Å². The molecule has 252 valence electrons. The SMILES string of the molecule is CCC[C@H](NC(=O)[C@H](Cc1ccccc1)NC(=O)[C@H](Cc1ccccc1)NC(=O)[C@H](CCC)NC(=O)[C@H](CC(C)C)NC)C(N)=O. The van der Waals surface area contributed by atoms with Crippen molar-refractivity contribution >= 4 is 29.5 Å². The third-order valence-corrected chi connectivity index (χ3v) is 7.65. The van der Waals surface area contributed by atoms with E-state index >= 15 is 0 Å². The molecule has 0 fully saturated rings. The van der Waals surface area contributed by atoms with Gasteiger partial charge in [-0.1, -0.05) is 101 Å². The highest BCUT2D eigenvalue weighted by Crippen LogP contribution is 2.10. The van der Waals surface area contributed by atoms with E-state index in [4.69, 9.17) is 5.73 Å². The van der Waals surface area contributed by atoms with Crippen LogP contribution in [0.2, 0.25) is 0 Å². The van der Waals surface area contributed by atoms with Gasteiger partial charge in [0, 0.05) is 12.8 Å². The van der Waals surface area contributed by atoms with E-state index in [1.165, 1.54) is 0 Å². The number of rotatable bonds is 20. The molecule has 0 aliphatic rings. The van der Waals surface area contributed by atoms with Crippen LogP contribution in [0.5, 0.6) is 0 Å². The van der Waals surface area contributed by atoms with Crippen molar-refractivity contribution in [3.8, 4) is 0 Å². The van der Waals surface area contributed by atoms with Gasteiger partial charge in [-0.25, -0.2) is 0 Å². The standard InChI is InChI=1S/C35H52N6O5/c1-6-14-26(31(36)42)38-34(45)29(21-24-16-10-8-11-17-24)41-35(46)30(22-25-18-12-9-13-19-25)40-32(43)27(15-7-2)39-33(44)28(37-5)20-23(3)4/h8-13,16-19,23,26-30,37H,6-7,14-15,20-22H2,1-5H3,(H2,36,42)(H,38,45)(H,39,44)(H,40,43)(H,41,46)/t26-,27-,28-,29-,30-/m0/s1. The van der Waals surface area contributed by atoms with Crippen LogP contribution >= 0.6 is 0 Å². The van der Waals surface area contributed by atoms with Crippen molar-refractivity contribution in [3.05, 3.63) is 71.8 Å². The smallest absolute Gasteiger partial charge is 0.243 e. The van der Waals surface area contributed by atoms with E-state index in [1.807, 2.05) is 88.4 Å². The fourth-order valence-electron chi connectivity index (χ4n) is 5.17. The molecule has 0 spiro atoms. The number of amides is 5. The van der Waals surface area contributed by atoms with Crippen molar-refractivity contribution in [2.75, 3.05) is 7.05 Å². The summed E-state index contributed by atoms with van der Waals surface area (Å²) in [5.74, 6) is -2.31. The summed E-state index contributed by atoms with van der Waals surface area (Å²) in [5.41, 5.74) is 7.12. The zero-order valence-corrected chi connectivity index (χ0v) is 27.8. The predicted molar refractivity (Wildman–Crippen MR) is 179 cm³/mol. The Hall–Kier alpha value is -4.25. The summed E-state index contributed by atoms with van der Waals surface area (Å²) in [6.07, 6.45) is 2.88. The van der Waals surface area contributed by atoms with Gasteiger partial charge in [0.05, 0.1) is 6.04 Å². The molecule has 2 aromatic rings. The molecule has 5 atom stereocenters. The molecule has 0 saturated heterocycles. The molecule has 0 bridgehead atoms. The summed E-state index contributed by atoms with van der Waals surface area (Å²) >= 11 is 0. The molecular formula is C35H52N6O5. The Morgan fingerprint density at radius 3 is 1.35 bits per heavy atom. The molecule has 0 aliphatic carbocycles. The Morgan fingerprint density at radius 1 is 0.587 bits per heavy atom. The van der Waals surface area contributed by atoms with Gasteiger partial charge < -0.3 is 32.3 Å². The Bertz CT molecular complexity index is 1260. The first-order valence-corrected chi connectivity index (χ1v) is 16.2. The minimum Gasteiger partial charge on any atom is -0.368 e. The molecule has 2 rings (SSSR count). The first-order chi connectivity index (χ1) is 22.0. The van der Waals surface area contributed by atoms with Crippen LogP contribution in [0.3, 0.4) is 0 Å². The maximum Gasteiger partial charge on any atom is 0.243 e. The molecule has 0 saturated carbocycles. The van der Waals surface area contributed by atoms with Crippen LogP contribution in [-0.2, 0) is 36.8 Å². The highest BCUT2D eigenvalue weighted by Gasteiger charge is 2.32. The van der Waals surface area contributed by atoms with Gasteiger partial charge in [-0.15, -0.1) is 0 Å². The second-order valence-corrected chi connectivity index (χ2v) is 12.1. The average molecular weight is 637 g/mol. The Morgan fingerprint density at radius 2 is 0.957 bits per heavy atom. The molecule has 7 N–H and O–H groups in total. The van der Waals surface area contributed by atoms with E-state index in [0.29, 0.717) is 32.1 Å². The maximum absolute atomic E-state index is 13.9. The van der Waals surface area contributed by atoms with Crippen LogP contribution in [0.4, 0.5) is 0 Å². The van der Waals surface area contributed by atoms with Gasteiger partial charge in [-0.05, 0) is 43.4 Å². The fourth-order valence-corrected chi connectivity index (χ4v) is 5.17. The molecule has 0 aromatic heterocycles. The van der Waals surface area contributed by atoms with Crippen LogP contribution in [0.25, 0.3) is 0 Å². The number of hydrogen-bond acceptors (Lipinski definition) is 6. The average Bonchev–Trinajstić information content (AvgIpc) is 3.03. The van der Waals surface area contributed by atoms with Crippen LogP contribution in [-0.4, -0.2) is 66.8 Å². The van der Waals surface area contributed by atoms with Crippen molar-refractivity contribution in [2.24, 2.45) is 11.7 Å². The van der Waals surface area contributed by atoms with Gasteiger partial charge in [0.25, 0.3) is 0 Å². The number of carbonyl (C=O) groups is 5. The number of hydrogen-bond donors (Lipinski definition) is 6. The third kappa shape index (κ3) is 13.0. The maximum atomic E-state index is 13.9. The van der Waals surface area contributed by atoms with E-state index < -0.39 is 53.8 Å². The highest BCUT2D eigenvalue weighted by atomic mass is 16.2. The lowest BCUT2D eigenvalue weighted by atomic mass is 10.0. The Labute approximate surface area is 273 Å². The van der Waals surface area contributed by atoms with Crippen LogP contribution < -0.4 is 32.3 Å². The van der Waals surface area contributed by atoms with Crippen molar-refractivity contribution in [1.82, 2.24) is 26.6 Å². The lowest BCUT2D eigenvalue weighted by Crippen LogP contribution is -2.59. The number of carbonyl (C=O) groups excluding carboxylic acids is 5. The van der Waals surface area contributed by atoms with Gasteiger partial charge in [-0.2, -0.15) is 0 Å². The summed E-state index contributed by atoms with van der Waals surface area (Å²) in [4.78, 5) is 66.1. The molecule has 5 amide bonds. The second kappa shape index (κ2) is 20.0. The van der Waals surface area contributed by atoms with Gasteiger partial charge in [0.15, 0.2) is 0 Å². The molecule has 0 unspecified atom stereocenters. The molecule has 11 nitrogen and oxygen atoms in total. The minimum absolute atomic E-state index is 0.150. The van der Waals surface area contributed by atoms with E-state index in [-0.39, 0.29) is 24.7 Å².